The van der Waals surface area contributed by atoms with Gasteiger partial charge < -0.3 is 4.90 Å². The number of thioether (sulfide) groups is 2. The Balaban J connectivity index is 1.62. The van der Waals surface area contributed by atoms with Gasteiger partial charge in [0, 0.05) is 29.3 Å². The van der Waals surface area contributed by atoms with Crippen LogP contribution in [0.4, 0.5) is 0 Å². The Morgan fingerprint density at radius 3 is 2.20 bits per heavy atom. The van der Waals surface area contributed by atoms with E-state index in [-0.39, 0.29) is 5.25 Å². The maximum Gasteiger partial charge on any atom is 0.237 e. The topological polar surface area (TPSA) is 20.3 Å². The fourth-order valence-electron chi connectivity index (χ4n) is 3.64. The summed E-state index contributed by atoms with van der Waals surface area (Å²) in [5.41, 5.74) is 0. The van der Waals surface area contributed by atoms with Crippen molar-refractivity contribution in [3.05, 3.63) is 0 Å². The second-order valence-corrected chi connectivity index (χ2v) is 8.95. The molecule has 0 bridgehead atoms. The Morgan fingerprint density at radius 1 is 1.05 bits per heavy atom. The number of carbonyl (C=O) groups is 1. The largest absolute Gasteiger partial charge is 0.336 e. The van der Waals surface area contributed by atoms with Crippen molar-refractivity contribution in [2.24, 2.45) is 5.92 Å². The lowest BCUT2D eigenvalue weighted by atomic mass is 9.83. The standard InChI is InChI=1S/C16H27NOS2/c1-2-12-3-5-13(6-4-12)17(14-7-8-14)16(18)15-11-19-9-10-20-15/h12-15H,2-11H2,1H3. The first-order valence-corrected chi connectivity index (χ1v) is 10.5. The summed E-state index contributed by atoms with van der Waals surface area (Å²) >= 11 is 3.87. The molecule has 0 aromatic heterocycles. The molecular formula is C16H27NOS2. The van der Waals surface area contributed by atoms with Crippen LogP contribution in [0.15, 0.2) is 0 Å². The molecule has 3 fully saturated rings. The van der Waals surface area contributed by atoms with Crippen LogP contribution < -0.4 is 0 Å². The molecule has 1 atom stereocenters. The summed E-state index contributed by atoms with van der Waals surface area (Å²) in [6, 6.07) is 1.16. The van der Waals surface area contributed by atoms with Crippen molar-refractivity contribution in [1.82, 2.24) is 4.90 Å². The van der Waals surface area contributed by atoms with Crippen LogP contribution in [0.3, 0.4) is 0 Å². The highest BCUT2D eigenvalue weighted by atomic mass is 32.2. The maximum absolute atomic E-state index is 12.9. The fraction of sp³-hybridized carbons (Fsp3) is 0.938. The molecule has 114 valence electrons. The summed E-state index contributed by atoms with van der Waals surface area (Å²) in [6.45, 7) is 2.31. The number of amides is 1. The molecule has 0 N–H and O–H groups in total. The average molecular weight is 314 g/mol. The van der Waals surface area contributed by atoms with Crippen LogP contribution in [0, 0.1) is 5.92 Å². The van der Waals surface area contributed by atoms with Gasteiger partial charge in [0.2, 0.25) is 5.91 Å². The van der Waals surface area contributed by atoms with E-state index in [0.717, 1.165) is 17.4 Å². The Bertz CT molecular complexity index is 331. The molecule has 20 heavy (non-hydrogen) atoms. The van der Waals surface area contributed by atoms with Gasteiger partial charge in [0.25, 0.3) is 0 Å². The monoisotopic (exact) mass is 313 g/mol. The fourth-order valence-corrected chi connectivity index (χ4v) is 6.24. The van der Waals surface area contributed by atoms with Crippen molar-refractivity contribution in [2.75, 3.05) is 17.3 Å². The van der Waals surface area contributed by atoms with Crippen LogP contribution in [0.1, 0.15) is 51.9 Å². The van der Waals surface area contributed by atoms with Crippen molar-refractivity contribution in [1.29, 1.82) is 0 Å². The van der Waals surface area contributed by atoms with Crippen LogP contribution in [0.5, 0.6) is 0 Å². The van der Waals surface area contributed by atoms with E-state index in [4.69, 9.17) is 0 Å². The molecule has 1 heterocycles. The van der Waals surface area contributed by atoms with Gasteiger partial charge in [-0.2, -0.15) is 11.8 Å². The molecule has 1 aliphatic heterocycles. The summed E-state index contributed by atoms with van der Waals surface area (Å²) in [7, 11) is 0. The normalized spacial score (nSPS) is 34.8. The smallest absolute Gasteiger partial charge is 0.237 e. The third-order valence-corrected chi connectivity index (χ3v) is 7.81. The predicted molar refractivity (Wildman–Crippen MR) is 89.5 cm³/mol. The van der Waals surface area contributed by atoms with Crippen LogP contribution in [-0.2, 0) is 4.79 Å². The zero-order chi connectivity index (χ0) is 13.9. The number of rotatable bonds is 4. The van der Waals surface area contributed by atoms with E-state index in [0.29, 0.717) is 18.0 Å². The van der Waals surface area contributed by atoms with Crippen LogP contribution >= 0.6 is 23.5 Å². The highest BCUT2D eigenvalue weighted by Gasteiger charge is 2.41. The summed E-state index contributed by atoms with van der Waals surface area (Å²) in [5, 5.41) is 0.248. The van der Waals surface area contributed by atoms with Crippen LogP contribution in [0.2, 0.25) is 0 Å². The van der Waals surface area contributed by atoms with Gasteiger partial charge >= 0.3 is 0 Å². The van der Waals surface area contributed by atoms with Crippen LogP contribution in [-0.4, -0.2) is 45.4 Å². The Morgan fingerprint density at radius 2 is 1.70 bits per heavy atom. The lowest BCUT2D eigenvalue weighted by Gasteiger charge is -2.39. The quantitative estimate of drug-likeness (QED) is 0.787. The molecule has 1 saturated heterocycles. The molecule has 4 heteroatoms. The van der Waals surface area contributed by atoms with Gasteiger partial charge in [-0.3, -0.25) is 4.79 Å². The zero-order valence-corrected chi connectivity index (χ0v) is 14.2. The molecule has 2 saturated carbocycles. The minimum absolute atomic E-state index is 0.248. The van der Waals surface area contributed by atoms with E-state index in [1.165, 1.54) is 50.7 Å². The number of hydrogen-bond donors (Lipinski definition) is 0. The molecule has 3 rings (SSSR count). The minimum atomic E-state index is 0.248. The lowest BCUT2D eigenvalue weighted by Crippen LogP contribution is -2.48. The van der Waals surface area contributed by atoms with Crippen molar-refractivity contribution in [2.45, 2.75) is 69.2 Å². The van der Waals surface area contributed by atoms with Gasteiger partial charge in [-0.05, 0) is 44.4 Å². The third-order valence-electron chi connectivity index (χ3n) is 5.07. The van der Waals surface area contributed by atoms with E-state index in [1.54, 1.807) is 0 Å². The molecule has 0 spiro atoms. The summed E-state index contributed by atoms with van der Waals surface area (Å²) in [5.74, 6) is 4.81. The van der Waals surface area contributed by atoms with E-state index in [9.17, 15) is 4.79 Å². The van der Waals surface area contributed by atoms with Gasteiger partial charge in [0.05, 0.1) is 5.25 Å². The highest BCUT2D eigenvalue weighted by molar-refractivity contribution is 8.07. The van der Waals surface area contributed by atoms with Gasteiger partial charge in [0.1, 0.15) is 0 Å². The van der Waals surface area contributed by atoms with Crippen LogP contribution in [0.25, 0.3) is 0 Å². The Kier molecular flexibility index (Phi) is 5.24. The SMILES string of the molecule is CCC1CCC(N(C(=O)C2CSCCS2)C2CC2)CC1. The number of hydrogen-bond acceptors (Lipinski definition) is 3. The van der Waals surface area contributed by atoms with Crippen molar-refractivity contribution in [3.63, 3.8) is 0 Å². The van der Waals surface area contributed by atoms with E-state index in [1.807, 2.05) is 23.5 Å². The maximum atomic E-state index is 12.9. The first-order chi connectivity index (χ1) is 9.79. The molecule has 2 aliphatic carbocycles. The molecule has 0 aromatic carbocycles. The first kappa shape index (κ1) is 15.1. The second-order valence-electron chi connectivity index (χ2n) is 6.49. The second kappa shape index (κ2) is 6.95. The molecule has 1 amide bonds. The van der Waals surface area contributed by atoms with E-state index < -0.39 is 0 Å². The predicted octanol–water partition coefficient (Wildman–Crippen LogP) is 3.79. The Hall–Kier alpha value is 0.170. The summed E-state index contributed by atoms with van der Waals surface area (Å²) < 4.78 is 0. The molecule has 2 nitrogen and oxygen atoms in total. The van der Waals surface area contributed by atoms with Gasteiger partial charge in [0.15, 0.2) is 0 Å². The first-order valence-electron chi connectivity index (χ1n) is 8.31. The van der Waals surface area contributed by atoms with E-state index in [2.05, 4.69) is 11.8 Å². The molecule has 0 aromatic rings. The lowest BCUT2D eigenvalue weighted by molar-refractivity contribution is -0.134. The van der Waals surface area contributed by atoms with Gasteiger partial charge in [-0.25, -0.2) is 0 Å². The third kappa shape index (κ3) is 3.49. The van der Waals surface area contributed by atoms with Crippen molar-refractivity contribution >= 4 is 29.4 Å². The van der Waals surface area contributed by atoms with Crippen molar-refractivity contribution < 1.29 is 4.79 Å². The van der Waals surface area contributed by atoms with E-state index >= 15 is 0 Å². The summed E-state index contributed by atoms with van der Waals surface area (Å²) in [6.07, 6.45) is 9.01. The highest BCUT2D eigenvalue weighted by Crippen LogP contribution is 2.38. The van der Waals surface area contributed by atoms with Crippen molar-refractivity contribution in [3.8, 4) is 0 Å². The summed E-state index contributed by atoms with van der Waals surface area (Å²) in [4.78, 5) is 15.3. The molecular weight excluding hydrogens is 286 g/mol. The number of nitrogens with zero attached hydrogens (tertiary/aromatic N) is 1. The Labute approximate surface area is 131 Å². The molecule has 3 aliphatic rings. The minimum Gasteiger partial charge on any atom is -0.336 e. The molecule has 0 radical (unpaired) electrons. The average Bonchev–Trinajstić information content (AvgIpc) is 3.34. The number of carbonyl (C=O) groups excluding carboxylic acids is 1. The molecule has 1 unspecified atom stereocenters. The zero-order valence-electron chi connectivity index (χ0n) is 12.6. The van der Waals surface area contributed by atoms with Gasteiger partial charge in [-0.15, -0.1) is 11.8 Å². The van der Waals surface area contributed by atoms with Gasteiger partial charge in [-0.1, -0.05) is 13.3 Å².